The molecule has 0 aliphatic heterocycles. The van der Waals surface area contributed by atoms with Gasteiger partial charge in [0.05, 0.1) is 15.6 Å². The maximum Gasteiger partial charge on any atom is 0.435 e. The van der Waals surface area contributed by atoms with Gasteiger partial charge < -0.3 is 4.52 Å². The molecular weight excluding hydrogens is 595 g/mol. The number of nitrogens with zero attached hydrogens (tertiary/aromatic N) is 1. The van der Waals surface area contributed by atoms with Gasteiger partial charge in [0.2, 0.25) is 0 Å². The van der Waals surface area contributed by atoms with Gasteiger partial charge in [0.1, 0.15) is 5.69 Å². The zero-order valence-corrected chi connectivity index (χ0v) is 20.5. The summed E-state index contributed by atoms with van der Waals surface area (Å²) in [5.74, 6) is -0.287. The van der Waals surface area contributed by atoms with Gasteiger partial charge in [-0.15, -0.1) is 0 Å². The lowest BCUT2D eigenvalue weighted by Gasteiger charge is -2.31. The molecule has 2 aromatic carbocycles. The van der Waals surface area contributed by atoms with Gasteiger partial charge in [-0.05, 0) is 49.1 Å². The van der Waals surface area contributed by atoms with Crippen LogP contribution >= 0.6 is 23.2 Å². The number of rotatable bonds is 6. The van der Waals surface area contributed by atoms with Crippen molar-refractivity contribution in [1.82, 2.24) is 5.16 Å². The minimum Gasteiger partial charge on any atom is -0.356 e. The van der Waals surface area contributed by atoms with Gasteiger partial charge in [-0.1, -0.05) is 28.4 Å². The molecule has 0 bridgehead atoms. The van der Waals surface area contributed by atoms with Crippen LogP contribution < -0.4 is 0 Å². The summed E-state index contributed by atoms with van der Waals surface area (Å²) in [6.45, 7) is 0. The lowest BCUT2D eigenvalue weighted by Crippen LogP contribution is -2.50. The average molecular weight is 608 g/mol. The number of ketones is 1. The summed E-state index contributed by atoms with van der Waals surface area (Å²) in [4.78, 5) is 12.5. The van der Waals surface area contributed by atoms with E-state index >= 15 is 0 Å². The normalized spacial score (nSPS) is 15.1. The molecule has 39 heavy (non-hydrogen) atoms. The Kier molecular flexibility index (Phi) is 7.25. The van der Waals surface area contributed by atoms with Crippen molar-refractivity contribution >= 4 is 29.0 Å². The number of hydrogen-bond acceptors (Lipinski definition) is 3. The second-order valence-electron chi connectivity index (χ2n) is 8.87. The molecule has 0 unspecified atom stereocenters. The Morgan fingerprint density at radius 3 is 2.03 bits per heavy atom. The second-order valence-corrected chi connectivity index (χ2v) is 9.69. The third-order valence-electron chi connectivity index (χ3n) is 6.06. The molecule has 1 aliphatic carbocycles. The fourth-order valence-corrected chi connectivity index (χ4v) is 4.43. The maximum absolute atomic E-state index is 14.5. The van der Waals surface area contributed by atoms with Gasteiger partial charge in [0, 0.05) is 34.7 Å². The van der Waals surface area contributed by atoms with Crippen molar-refractivity contribution in [3.8, 4) is 22.6 Å². The Balaban J connectivity index is 1.82. The van der Waals surface area contributed by atoms with E-state index in [4.69, 9.17) is 27.7 Å². The second kappa shape index (κ2) is 9.69. The zero-order valence-electron chi connectivity index (χ0n) is 19.0. The van der Waals surface area contributed by atoms with Crippen molar-refractivity contribution in [3.05, 3.63) is 63.1 Å². The Morgan fingerprint density at radius 2 is 1.49 bits per heavy atom. The van der Waals surface area contributed by atoms with Crippen molar-refractivity contribution in [1.29, 1.82) is 0 Å². The molecule has 15 heteroatoms. The molecule has 1 fully saturated rings. The molecule has 210 valence electrons. The van der Waals surface area contributed by atoms with Gasteiger partial charge in [-0.2, -0.15) is 39.5 Å². The monoisotopic (exact) mass is 607 g/mol. The van der Waals surface area contributed by atoms with Gasteiger partial charge in [0.15, 0.2) is 11.5 Å². The molecule has 3 aromatic rings. The molecule has 0 amide bonds. The maximum atomic E-state index is 14.5. The molecule has 1 aromatic heterocycles. The first-order valence-electron chi connectivity index (χ1n) is 10.9. The SMILES string of the molecule is O=C(CC1CC1)c1cc(-c2cc(-c3c(Cl)cc(C(F)(C(F)(F)F)C(F)(F)F)cc3C(F)(F)F)no2)ccc1Cl. The lowest BCUT2D eigenvalue weighted by atomic mass is 9.90. The molecule has 0 spiro atoms. The van der Waals surface area contributed by atoms with Crippen LogP contribution in [-0.4, -0.2) is 23.3 Å². The molecule has 3 nitrogen and oxygen atoms in total. The minimum absolute atomic E-state index is 0.103. The van der Waals surface area contributed by atoms with Crippen LogP contribution in [0.2, 0.25) is 10.0 Å². The molecule has 4 rings (SSSR count). The van der Waals surface area contributed by atoms with E-state index in [0.29, 0.717) is 0 Å². The van der Waals surface area contributed by atoms with E-state index in [1.54, 1.807) is 0 Å². The Labute approximate surface area is 222 Å². The number of carbonyl (C=O) groups is 1. The summed E-state index contributed by atoms with van der Waals surface area (Å²) in [6.07, 6.45) is -16.9. The Bertz CT molecular complexity index is 1410. The van der Waals surface area contributed by atoms with E-state index in [-0.39, 0.29) is 46.1 Å². The minimum atomic E-state index is -6.66. The first-order chi connectivity index (χ1) is 17.8. The first kappa shape index (κ1) is 29.2. The number of hydrogen-bond donors (Lipinski definition) is 0. The van der Waals surface area contributed by atoms with Gasteiger partial charge in [0.25, 0.3) is 0 Å². The van der Waals surface area contributed by atoms with Crippen molar-refractivity contribution in [2.45, 2.75) is 43.5 Å². The molecule has 0 saturated heterocycles. The van der Waals surface area contributed by atoms with E-state index in [9.17, 15) is 48.7 Å². The molecule has 0 N–H and O–H groups in total. The van der Waals surface area contributed by atoms with Crippen molar-refractivity contribution < 1.29 is 53.2 Å². The highest BCUT2D eigenvalue weighted by Crippen LogP contribution is 2.55. The summed E-state index contributed by atoms with van der Waals surface area (Å²) in [6, 6.07) is 4.05. The fourth-order valence-electron chi connectivity index (χ4n) is 3.89. The van der Waals surface area contributed by atoms with Crippen LogP contribution in [0.4, 0.5) is 43.9 Å². The van der Waals surface area contributed by atoms with E-state index in [0.717, 1.165) is 18.9 Å². The molecule has 0 radical (unpaired) electrons. The van der Waals surface area contributed by atoms with Gasteiger partial charge >= 0.3 is 24.2 Å². The number of alkyl halides is 10. The van der Waals surface area contributed by atoms with Crippen LogP contribution in [0.25, 0.3) is 22.6 Å². The predicted octanol–water partition coefficient (Wildman–Crippen LogP) is 9.61. The number of halogens is 12. The Morgan fingerprint density at radius 1 is 0.872 bits per heavy atom. The van der Waals surface area contributed by atoms with Gasteiger partial charge in [-0.25, -0.2) is 4.39 Å². The van der Waals surface area contributed by atoms with Crippen LogP contribution in [0.15, 0.2) is 40.9 Å². The molecule has 1 heterocycles. The van der Waals surface area contributed by atoms with E-state index < -0.39 is 57.7 Å². The van der Waals surface area contributed by atoms with Crippen LogP contribution in [-0.2, 0) is 11.8 Å². The molecular formula is C24H13Cl2F10NO2. The highest BCUT2D eigenvalue weighted by atomic mass is 35.5. The van der Waals surface area contributed by atoms with Crippen LogP contribution in [0.1, 0.15) is 40.7 Å². The number of carbonyl (C=O) groups excluding carboxylic acids is 1. The highest BCUT2D eigenvalue weighted by Gasteiger charge is 2.73. The summed E-state index contributed by atoms with van der Waals surface area (Å²) in [5, 5.41) is 2.23. The Hall–Kier alpha value is -2.80. The van der Waals surface area contributed by atoms with E-state index in [1.165, 1.54) is 18.2 Å². The standard InChI is InChI=1S/C24H13Cl2F10NO2/c25-15-4-3-11(6-13(15)18(38)5-10-1-2-10)19-9-17(37-39-19)20-14(22(28,29)30)7-12(8-16(20)26)21(27,23(31,32)33)24(34,35)36/h3-4,6-10H,1-2,5H2. The van der Waals surface area contributed by atoms with E-state index in [1.807, 2.05) is 0 Å². The van der Waals surface area contributed by atoms with Crippen LogP contribution in [0.5, 0.6) is 0 Å². The predicted molar refractivity (Wildman–Crippen MR) is 119 cm³/mol. The number of aromatic nitrogens is 1. The van der Waals surface area contributed by atoms with Crippen molar-refractivity contribution in [3.63, 3.8) is 0 Å². The zero-order chi connectivity index (χ0) is 29.1. The first-order valence-corrected chi connectivity index (χ1v) is 11.6. The third kappa shape index (κ3) is 5.47. The number of benzene rings is 2. The molecule has 1 aliphatic rings. The molecule has 1 saturated carbocycles. The van der Waals surface area contributed by atoms with Crippen molar-refractivity contribution in [2.75, 3.05) is 0 Å². The smallest absolute Gasteiger partial charge is 0.356 e. The third-order valence-corrected chi connectivity index (χ3v) is 6.69. The lowest BCUT2D eigenvalue weighted by molar-refractivity contribution is -0.348. The molecule has 0 atom stereocenters. The van der Waals surface area contributed by atoms with Crippen LogP contribution in [0, 0.1) is 5.92 Å². The quantitative estimate of drug-likeness (QED) is 0.207. The van der Waals surface area contributed by atoms with Crippen molar-refractivity contribution in [2.24, 2.45) is 5.92 Å². The van der Waals surface area contributed by atoms with Crippen LogP contribution in [0.3, 0.4) is 0 Å². The van der Waals surface area contributed by atoms with E-state index in [2.05, 4.69) is 5.16 Å². The topological polar surface area (TPSA) is 43.1 Å². The summed E-state index contributed by atoms with van der Waals surface area (Å²) < 4.78 is 140. The van der Waals surface area contributed by atoms with Gasteiger partial charge in [-0.3, -0.25) is 4.79 Å². The number of Topliss-reactive ketones (excluding diaryl/α,β-unsaturated/α-hetero) is 1. The summed E-state index contributed by atoms with van der Waals surface area (Å²) in [5.41, 5.74) is -12.3. The summed E-state index contributed by atoms with van der Waals surface area (Å²) in [7, 11) is 0. The fraction of sp³-hybridized carbons (Fsp3) is 0.333. The summed E-state index contributed by atoms with van der Waals surface area (Å²) >= 11 is 11.8. The average Bonchev–Trinajstić information content (AvgIpc) is 3.48. The largest absolute Gasteiger partial charge is 0.435 e. The highest BCUT2D eigenvalue weighted by molar-refractivity contribution is 6.34.